The van der Waals surface area contributed by atoms with E-state index in [1.165, 1.54) is 0 Å². The summed E-state index contributed by atoms with van der Waals surface area (Å²) in [5.74, 6) is 0. The predicted molar refractivity (Wildman–Crippen MR) is 80.0 cm³/mol. The van der Waals surface area contributed by atoms with Gasteiger partial charge >= 0.3 is 0 Å². The van der Waals surface area contributed by atoms with Crippen LogP contribution in [0.3, 0.4) is 0 Å². The second-order valence-corrected chi connectivity index (χ2v) is 5.76. The number of halogens is 1. The molecule has 0 aromatic carbocycles. The number of rotatable bonds is 3. The average Bonchev–Trinajstić information content (AvgIpc) is 2.54. The number of nitrogens with zero attached hydrogens (tertiary/aromatic N) is 3. The molecule has 0 aliphatic heterocycles. The van der Waals surface area contributed by atoms with Crippen LogP contribution in [-0.2, 0) is 13.5 Å². The first-order valence-electron chi connectivity index (χ1n) is 6.27. The van der Waals surface area contributed by atoms with E-state index in [1.54, 1.807) is 0 Å². The summed E-state index contributed by atoms with van der Waals surface area (Å²) < 4.78 is 2.94. The highest BCUT2D eigenvalue weighted by Gasteiger charge is 2.16. The van der Waals surface area contributed by atoms with E-state index in [9.17, 15) is 0 Å². The van der Waals surface area contributed by atoms with Crippen molar-refractivity contribution in [1.29, 1.82) is 0 Å². The summed E-state index contributed by atoms with van der Waals surface area (Å²) in [6, 6.07) is 4.05. The molecule has 102 valence electrons. The molecule has 5 heteroatoms. The molecule has 0 fully saturated rings. The zero-order chi connectivity index (χ0) is 14.2. The van der Waals surface area contributed by atoms with Crippen molar-refractivity contribution in [1.82, 2.24) is 14.8 Å². The van der Waals surface area contributed by atoms with E-state index in [2.05, 4.69) is 38.1 Å². The second-order valence-electron chi connectivity index (χ2n) is 4.96. The minimum Gasteiger partial charge on any atom is -0.324 e. The van der Waals surface area contributed by atoms with Crippen LogP contribution in [0.1, 0.15) is 34.4 Å². The van der Waals surface area contributed by atoms with Gasteiger partial charge in [-0.15, -0.1) is 0 Å². The SMILES string of the molecule is Cc1cc(C(N)Cc2c(Br)c(C)nn2C)cc(C)n1. The first-order valence-corrected chi connectivity index (χ1v) is 7.06. The highest BCUT2D eigenvalue weighted by molar-refractivity contribution is 9.10. The van der Waals surface area contributed by atoms with E-state index in [0.29, 0.717) is 0 Å². The highest BCUT2D eigenvalue weighted by atomic mass is 79.9. The van der Waals surface area contributed by atoms with Gasteiger partial charge in [-0.2, -0.15) is 5.10 Å². The van der Waals surface area contributed by atoms with Crippen LogP contribution >= 0.6 is 15.9 Å². The Bertz CT molecular complexity index is 583. The Morgan fingerprint density at radius 1 is 1.26 bits per heavy atom. The molecule has 2 heterocycles. The van der Waals surface area contributed by atoms with Crippen molar-refractivity contribution in [3.05, 3.63) is 44.9 Å². The van der Waals surface area contributed by atoms with E-state index in [4.69, 9.17) is 5.73 Å². The normalized spacial score (nSPS) is 12.7. The minimum atomic E-state index is -0.0495. The fourth-order valence-corrected chi connectivity index (χ4v) is 2.81. The summed E-state index contributed by atoms with van der Waals surface area (Å²) in [5.41, 5.74) is 11.6. The van der Waals surface area contributed by atoms with Gasteiger partial charge in [-0.25, -0.2) is 0 Å². The van der Waals surface area contributed by atoms with Crippen molar-refractivity contribution in [2.75, 3.05) is 0 Å². The number of aryl methyl sites for hydroxylation is 4. The maximum atomic E-state index is 6.32. The predicted octanol–water partition coefficient (Wildman–Crippen LogP) is 2.75. The molecule has 1 atom stereocenters. The maximum absolute atomic E-state index is 6.32. The van der Waals surface area contributed by atoms with Crippen LogP contribution < -0.4 is 5.73 Å². The topological polar surface area (TPSA) is 56.7 Å². The van der Waals surface area contributed by atoms with Crippen LogP contribution in [0, 0.1) is 20.8 Å². The average molecular weight is 323 g/mol. The number of nitrogens with two attached hydrogens (primary N) is 1. The second kappa shape index (κ2) is 5.43. The zero-order valence-electron chi connectivity index (χ0n) is 11.7. The van der Waals surface area contributed by atoms with Gasteiger partial charge in [0.05, 0.1) is 15.9 Å². The van der Waals surface area contributed by atoms with Gasteiger partial charge in [-0.05, 0) is 54.4 Å². The maximum Gasteiger partial charge on any atom is 0.0738 e. The summed E-state index contributed by atoms with van der Waals surface area (Å²) >= 11 is 3.58. The number of hydrogen-bond acceptors (Lipinski definition) is 3. The molecule has 4 nitrogen and oxygen atoms in total. The molecule has 2 rings (SSSR count). The Balaban J connectivity index is 2.27. The lowest BCUT2D eigenvalue weighted by atomic mass is 10.0. The first kappa shape index (κ1) is 14.2. The van der Waals surface area contributed by atoms with E-state index >= 15 is 0 Å². The zero-order valence-corrected chi connectivity index (χ0v) is 13.3. The molecule has 0 spiro atoms. The van der Waals surface area contributed by atoms with Gasteiger partial charge in [-0.3, -0.25) is 9.67 Å². The molecule has 2 aromatic heterocycles. The molecule has 0 aliphatic rings. The van der Waals surface area contributed by atoms with E-state index < -0.39 is 0 Å². The van der Waals surface area contributed by atoms with Gasteiger partial charge in [0.1, 0.15) is 0 Å². The molecule has 2 aromatic rings. The van der Waals surface area contributed by atoms with Gasteiger partial charge in [0, 0.05) is 30.9 Å². The first-order chi connectivity index (χ1) is 8.88. The Morgan fingerprint density at radius 3 is 2.32 bits per heavy atom. The summed E-state index contributed by atoms with van der Waals surface area (Å²) in [4.78, 5) is 4.38. The van der Waals surface area contributed by atoms with Crippen LogP contribution in [0.15, 0.2) is 16.6 Å². The summed E-state index contributed by atoms with van der Waals surface area (Å²) in [5, 5.41) is 4.39. The van der Waals surface area contributed by atoms with Crippen molar-refractivity contribution in [3.8, 4) is 0 Å². The largest absolute Gasteiger partial charge is 0.324 e. The molecule has 0 amide bonds. The summed E-state index contributed by atoms with van der Waals surface area (Å²) in [6.45, 7) is 5.97. The number of aromatic nitrogens is 3. The van der Waals surface area contributed by atoms with E-state index in [-0.39, 0.29) is 6.04 Å². The molecular formula is C14H19BrN4. The fraction of sp³-hybridized carbons (Fsp3) is 0.429. The monoisotopic (exact) mass is 322 g/mol. The molecular weight excluding hydrogens is 304 g/mol. The Kier molecular flexibility index (Phi) is 4.06. The number of hydrogen-bond donors (Lipinski definition) is 1. The van der Waals surface area contributed by atoms with Crippen LogP contribution in [-0.4, -0.2) is 14.8 Å². The van der Waals surface area contributed by atoms with Gasteiger partial charge in [0.25, 0.3) is 0 Å². The number of pyridine rings is 1. The fourth-order valence-electron chi connectivity index (χ4n) is 2.31. The van der Waals surface area contributed by atoms with Crippen molar-refractivity contribution < 1.29 is 0 Å². The molecule has 0 saturated carbocycles. The Labute approximate surface area is 122 Å². The van der Waals surface area contributed by atoms with Crippen molar-refractivity contribution >= 4 is 15.9 Å². The van der Waals surface area contributed by atoms with Gasteiger partial charge in [0.2, 0.25) is 0 Å². The van der Waals surface area contributed by atoms with Gasteiger partial charge in [0.15, 0.2) is 0 Å². The third-order valence-electron chi connectivity index (χ3n) is 3.21. The molecule has 2 N–H and O–H groups in total. The highest BCUT2D eigenvalue weighted by Crippen LogP contribution is 2.25. The van der Waals surface area contributed by atoms with Crippen LogP contribution in [0.5, 0.6) is 0 Å². The third-order valence-corrected chi connectivity index (χ3v) is 4.24. The smallest absolute Gasteiger partial charge is 0.0738 e. The van der Waals surface area contributed by atoms with Crippen molar-refractivity contribution in [3.63, 3.8) is 0 Å². The quantitative estimate of drug-likeness (QED) is 0.945. The lowest BCUT2D eigenvalue weighted by Crippen LogP contribution is -2.16. The van der Waals surface area contributed by atoms with E-state index in [1.807, 2.05) is 32.5 Å². The summed E-state index contributed by atoms with van der Waals surface area (Å²) in [7, 11) is 1.95. The van der Waals surface area contributed by atoms with Crippen LogP contribution in [0.25, 0.3) is 0 Å². The van der Waals surface area contributed by atoms with Crippen LogP contribution in [0.2, 0.25) is 0 Å². The molecule has 0 bridgehead atoms. The molecule has 1 unspecified atom stereocenters. The molecule has 19 heavy (non-hydrogen) atoms. The van der Waals surface area contributed by atoms with Crippen LogP contribution in [0.4, 0.5) is 0 Å². The van der Waals surface area contributed by atoms with Gasteiger partial charge in [-0.1, -0.05) is 0 Å². The molecule has 0 aliphatic carbocycles. The Hall–Kier alpha value is -1.20. The summed E-state index contributed by atoms with van der Waals surface area (Å²) in [6.07, 6.45) is 0.751. The minimum absolute atomic E-state index is 0.0495. The van der Waals surface area contributed by atoms with Crippen molar-refractivity contribution in [2.24, 2.45) is 12.8 Å². The third kappa shape index (κ3) is 3.04. The molecule has 0 radical (unpaired) electrons. The Morgan fingerprint density at radius 2 is 1.84 bits per heavy atom. The lowest BCUT2D eigenvalue weighted by Gasteiger charge is -2.14. The van der Waals surface area contributed by atoms with E-state index in [0.717, 1.165) is 39.2 Å². The standard InChI is InChI=1S/C14H19BrN4/c1-8-5-11(6-9(2)17-8)12(16)7-13-14(15)10(3)18-19(13)4/h5-6,12H,7,16H2,1-4H3. The van der Waals surface area contributed by atoms with Gasteiger partial charge < -0.3 is 5.73 Å². The lowest BCUT2D eigenvalue weighted by molar-refractivity contribution is 0.637. The van der Waals surface area contributed by atoms with Crippen molar-refractivity contribution in [2.45, 2.75) is 33.2 Å². The molecule has 0 saturated heterocycles.